The highest BCUT2D eigenvalue weighted by Gasteiger charge is 2.05. The van der Waals surface area contributed by atoms with Crippen molar-refractivity contribution in [3.8, 4) is 5.75 Å². The Morgan fingerprint density at radius 3 is 2.94 bits per heavy atom. The van der Waals surface area contributed by atoms with Crippen LogP contribution in [-0.4, -0.2) is 22.1 Å². The standard InChI is InChI=1S/C11H13BrN4O/c1-16-9(7-14-15-16)6-13-10-5-8(12)3-4-11(10)17-2/h3-5,7,13H,6H2,1-2H3. The molecule has 1 aromatic heterocycles. The van der Waals surface area contributed by atoms with Gasteiger partial charge in [-0.15, -0.1) is 5.10 Å². The van der Waals surface area contributed by atoms with Gasteiger partial charge in [-0.05, 0) is 18.2 Å². The number of nitrogens with one attached hydrogen (secondary N) is 1. The Morgan fingerprint density at radius 2 is 2.29 bits per heavy atom. The van der Waals surface area contributed by atoms with E-state index in [1.165, 1.54) is 0 Å². The highest BCUT2D eigenvalue weighted by molar-refractivity contribution is 9.10. The van der Waals surface area contributed by atoms with E-state index in [2.05, 4.69) is 31.6 Å². The molecule has 17 heavy (non-hydrogen) atoms. The molecule has 1 aromatic carbocycles. The first kappa shape index (κ1) is 11.9. The largest absolute Gasteiger partial charge is 0.495 e. The summed E-state index contributed by atoms with van der Waals surface area (Å²) in [7, 11) is 3.52. The number of rotatable bonds is 4. The predicted octanol–water partition coefficient (Wildman–Crippen LogP) is 2.20. The maximum Gasteiger partial charge on any atom is 0.142 e. The lowest BCUT2D eigenvalue weighted by molar-refractivity contribution is 0.416. The number of hydrogen-bond donors (Lipinski definition) is 1. The van der Waals surface area contributed by atoms with Crippen LogP contribution >= 0.6 is 15.9 Å². The first-order valence-electron chi connectivity index (χ1n) is 5.11. The zero-order valence-electron chi connectivity index (χ0n) is 9.64. The van der Waals surface area contributed by atoms with Gasteiger partial charge in [-0.3, -0.25) is 4.68 Å². The molecule has 5 nitrogen and oxygen atoms in total. The Bertz CT molecular complexity index is 512. The molecule has 0 amide bonds. The monoisotopic (exact) mass is 296 g/mol. The summed E-state index contributed by atoms with van der Waals surface area (Å²) in [6.07, 6.45) is 1.73. The van der Waals surface area contributed by atoms with Crippen LogP contribution in [0.1, 0.15) is 5.69 Å². The summed E-state index contributed by atoms with van der Waals surface area (Å²) in [4.78, 5) is 0. The van der Waals surface area contributed by atoms with Gasteiger partial charge in [0.05, 0.1) is 31.2 Å². The minimum atomic E-state index is 0.649. The minimum absolute atomic E-state index is 0.649. The second-order valence-electron chi connectivity index (χ2n) is 3.55. The first-order chi connectivity index (χ1) is 8.20. The van der Waals surface area contributed by atoms with E-state index in [1.807, 2.05) is 25.2 Å². The van der Waals surface area contributed by atoms with Crippen molar-refractivity contribution >= 4 is 21.6 Å². The summed E-state index contributed by atoms with van der Waals surface area (Å²) < 4.78 is 8.02. The summed E-state index contributed by atoms with van der Waals surface area (Å²) in [6.45, 7) is 0.649. The second-order valence-corrected chi connectivity index (χ2v) is 4.46. The number of nitrogens with zero attached hydrogens (tertiary/aromatic N) is 3. The van der Waals surface area contributed by atoms with Crippen molar-refractivity contribution in [2.75, 3.05) is 12.4 Å². The van der Waals surface area contributed by atoms with Crippen LogP contribution in [0.15, 0.2) is 28.9 Å². The highest BCUT2D eigenvalue weighted by atomic mass is 79.9. The van der Waals surface area contributed by atoms with Gasteiger partial charge in [-0.2, -0.15) is 0 Å². The lowest BCUT2D eigenvalue weighted by Gasteiger charge is -2.11. The van der Waals surface area contributed by atoms with Gasteiger partial charge in [0, 0.05) is 11.5 Å². The minimum Gasteiger partial charge on any atom is -0.495 e. The van der Waals surface area contributed by atoms with Crippen molar-refractivity contribution in [3.05, 3.63) is 34.6 Å². The van der Waals surface area contributed by atoms with Crippen LogP contribution in [0.25, 0.3) is 0 Å². The van der Waals surface area contributed by atoms with Gasteiger partial charge < -0.3 is 10.1 Å². The number of anilines is 1. The summed E-state index contributed by atoms with van der Waals surface area (Å²) in [5.41, 5.74) is 1.94. The Hall–Kier alpha value is -1.56. The molecule has 0 atom stereocenters. The van der Waals surface area contributed by atoms with Crippen LogP contribution in [0.2, 0.25) is 0 Å². The van der Waals surface area contributed by atoms with Gasteiger partial charge in [0.1, 0.15) is 5.75 Å². The second kappa shape index (κ2) is 5.18. The molecular formula is C11H13BrN4O. The number of methoxy groups -OCH3 is 1. The maximum atomic E-state index is 5.28. The van der Waals surface area contributed by atoms with E-state index in [-0.39, 0.29) is 0 Å². The van der Waals surface area contributed by atoms with Crippen LogP contribution < -0.4 is 10.1 Å². The Morgan fingerprint density at radius 1 is 1.47 bits per heavy atom. The van der Waals surface area contributed by atoms with Crippen molar-refractivity contribution in [1.82, 2.24) is 15.0 Å². The molecule has 0 bridgehead atoms. The SMILES string of the molecule is COc1ccc(Br)cc1NCc1cnnn1C. The lowest BCUT2D eigenvalue weighted by Crippen LogP contribution is -2.06. The average Bonchev–Trinajstić information content (AvgIpc) is 2.72. The highest BCUT2D eigenvalue weighted by Crippen LogP contribution is 2.28. The average molecular weight is 297 g/mol. The Balaban J connectivity index is 2.13. The molecule has 6 heteroatoms. The van der Waals surface area contributed by atoms with E-state index >= 15 is 0 Å². The normalized spacial score (nSPS) is 10.3. The van der Waals surface area contributed by atoms with Gasteiger partial charge in [0.2, 0.25) is 0 Å². The van der Waals surface area contributed by atoms with Crippen LogP contribution in [0, 0.1) is 0 Å². The van der Waals surface area contributed by atoms with Crippen LogP contribution in [0.3, 0.4) is 0 Å². The van der Waals surface area contributed by atoms with E-state index in [1.54, 1.807) is 18.0 Å². The molecule has 2 rings (SSSR count). The molecule has 0 saturated carbocycles. The Labute approximate surface area is 108 Å². The molecule has 0 spiro atoms. The van der Waals surface area contributed by atoms with E-state index in [0.717, 1.165) is 21.6 Å². The Kier molecular flexibility index (Phi) is 3.63. The van der Waals surface area contributed by atoms with E-state index in [0.29, 0.717) is 6.54 Å². The number of hydrogen-bond acceptors (Lipinski definition) is 4. The van der Waals surface area contributed by atoms with Gasteiger partial charge in [-0.25, -0.2) is 0 Å². The van der Waals surface area contributed by atoms with Gasteiger partial charge in [0.15, 0.2) is 0 Å². The molecule has 0 aliphatic heterocycles. The smallest absolute Gasteiger partial charge is 0.142 e. The molecule has 0 aliphatic rings. The quantitative estimate of drug-likeness (QED) is 0.940. The third kappa shape index (κ3) is 2.76. The third-order valence-corrected chi connectivity index (χ3v) is 2.92. The van der Waals surface area contributed by atoms with Gasteiger partial charge in [0.25, 0.3) is 0 Å². The van der Waals surface area contributed by atoms with E-state index in [9.17, 15) is 0 Å². The van der Waals surface area contributed by atoms with Crippen molar-refractivity contribution in [2.24, 2.45) is 7.05 Å². The molecule has 1 heterocycles. The number of aryl methyl sites for hydroxylation is 1. The van der Waals surface area contributed by atoms with Crippen LogP contribution in [-0.2, 0) is 13.6 Å². The maximum absolute atomic E-state index is 5.28. The van der Waals surface area contributed by atoms with Gasteiger partial charge >= 0.3 is 0 Å². The summed E-state index contributed by atoms with van der Waals surface area (Å²) in [5.74, 6) is 0.809. The van der Waals surface area contributed by atoms with Crippen LogP contribution in [0.5, 0.6) is 5.75 Å². The first-order valence-corrected chi connectivity index (χ1v) is 5.91. The van der Waals surface area contributed by atoms with Crippen molar-refractivity contribution in [3.63, 3.8) is 0 Å². The fourth-order valence-corrected chi connectivity index (χ4v) is 1.84. The summed E-state index contributed by atoms with van der Waals surface area (Å²) >= 11 is 3.43. The molecular weight excluding hydrogens is 284 g/mol. The molecule has 0 aliphatic carbocycles. The molecule has 0 unspecified atom stereocenters. The number of aromatic nitrogens is 3. The molecule has 2 aromatic rings. The van der Waals surface area contributed by atoms with E-state index < -0.39 is 0 Å². The zero-order chi connectivity index (χ0) is 12.3. The predicted molar refractivity (Wildman–Crippen MR) is 69.0 cm³/mol. The fourth-order valence-electron chi connectivity index (χ4n) is 1.48. The van der Waals surface area contributed by atoms with Crippen LogP contribution in [0.4, 0.5) is 5.69 Å². The number of benzene rings is 1. The van der Waals surface area contributed by atoms with Gasteiger partial charge in [-0.1, -0.05) is 21.1 Å². The van der Waals surface area contributed by atoms with Crippen molar-refractivity contribution in [1.29, 1.82) is 0 Å². The number of ether oxygens (including phenoxy) is 1. The zero-order valence-corrected chi connectivity index (χ0v) is 11.2. The molecule has 1 N–H and O–H groups in total. The summed E-state index contributed by atoms with van der Waals surface area (Å²) in [5, 5.41) is 11.0. The fraction of sp³-hybridized carbons (Fsp3) is 0.273. The molecule has 0 radical (unpaired) electrons. The van der Waals surface area contributed by atoms with Crippen molar-refractivity contribution in [2.45, 2.75) is 6.54 Å². The van der Waals surface area contributed by atoms with Crippen molar-refractivity contribution < 1.29 is 4.74 Å². The third-order valence-electron chi connectivity index (χ3n) is 2.43. The lowest BCUT2D eigenvalue weighted by atomic mass is 10.3. The van der Waals surface area contributed by atoms with E-state index in [4.69, 9.17) is 4.74 Å². The number of halogens is 1. The molecule has 0 saturated heterocycles. The summed E-state index contributed by atoms with van der Waals surface area (Å²) in [6, 6.07) is 5.83. The molecule has 0 fully saturated rings. The topological polar surface area (TPSA) is 52.0 Å². The molecule has 90 valence electrons.